The van der Waals surface area contributed by atoms with Gasteiger partial charge in [0.25, 0.3) is 5.91 Å². The van der Waals surface area contributed by atoms with Crippen LogP contribution in [0.5, 0.6) is 11.8 Å². The van der Waals surface area contributed by atoms with Crippen molar-refractivity contribution in [2.75, 3.05) is 102 Å². The highest BCUT2D eigenvalue weighted by atomic mass is 35.5. The van der Waals surface area contributed by atoms with Crippen LogP contribution in [0, 0.1) is 34.4 Å². The van der Waals surface area contributed by atoms with Crippen LogP contribution >= 0.6 is 11.6 Å². The third kappa shape index (κ3) is 14.1. The Morgan fingerprint density at radius 2 is 1.55 bits per heavy atom. The Bertz CT molecular complexity index is 3610. The molecule has 22 heteroatoms. The summed E-state index contributed by atoms with van der Waals surface area (Å²) in [6.45, 7) is 27.3. The van der Waals surface area contributed by atoms with Crippen molar-refractivity contribution in [2.24, 2.45) is 11.3 Å². The molecule has 92 heavy (non-hydrogen) atoms. The van der Waals surface area contributed by atoms with Gasteiger partial charge in [-0.3, -0.25) is 29.7 Å². The first-order valence-electron chi connectivity index (χ1n) is 33.3. The van der Waals surface area contributed by atoms with Crippen molar-refractivity contribution in [2.45, 2.75) is 161 Å². The number of anilines is 2. The number of hydrogen-bond donors (Lipinski definition) is 1. The number of hydrogen-bond acceptors (Lipinski definition) is 14. The molecule has 5 saturated heterocycles. The predicted octanol–water partition coefficient (Wildman–Crippen LogP) is 12.9. The van der Waals surface area contributed by atoms with Crippen molar-refractivity contribution in [3.63, 3.8) is 0 Å². The second-order valence-electron chi connectivity index (χ2n) is 28.4. The van der Waals surface area contributed by atoms with Gasteiger partial charge in [0.05, 0.1) is 40.4 Å². The number of nitrogens with one attached hydrogen (secondary N) is 1. The van der Waals surface area contributed by atoms with Crippen LogP contribution in [-0.2, 0) is 14.3 Å². The molecule has 1 aliphatic carbocycles. The van der Waals surface area contributed by atoms with Crippen LogP contribution < -0.4 is 24.6 Å². The fourth-order valence-electron chi connectivity index (χ4n) is 15.5. The van der Waals surface area contributed by atoms with Crippen molar-refractivity contribution in [3.8, 4) is 34.5 Å². The average Bonchev–Trinajstić information content (AvgIpc) is 1.05. The van der Waals surface area contributed by atoms with E-state index in [1.165, 1.54) is 18.1 Å². The largest absolute Gasteiger partial charge is 0.468 e. The van der Waals surface area contributed by atoms with Gasteiger partial charge in [-0.05, 0) is 143 Å². The van der Waals surface area contributed by atoms with Gasteiger partial charge in [0, 0.05) is 107 Å². The fraction of sp³-hybridized carbons (Fsp3) is 0.586. The number of likely N-dealkylation sites (tertiary alicyclic amines) is 1. The predicted molar refractivity (Wildman–Crippen MR) is 357 cm³/mol. The van der Waals surface area contributed by atoms with Gasteiger partial charge in [-0.1, -0.05) is 71.6 Å². The molecule has 5 amide bonds. The summed E-state index contributed by atoms with van der Waals surface area (Å²) in [7, 11) is -0.837. The molecule has 11 rings (SSSR count). The number of imide groups is 1. The first kappa shape index (κ1) is 66.7. The minimum absolute atomic E-state index is 0.0128. The highest BCUT2D eigenvalue weighted by Crippen LogP contribution is 2.46. The number of methoxy groups -OCH3 is 1. The van der Waals surface area contributed by atoms with Crippen LogP contribution in [0.25, 0.3) is 32.9 Å². The molecule has 0 spiro atoms. The minimum atomic E-state index is -2.36. The van der Waals surface area contributed by atoms with Crippen molar-refractivity contribution in [1.82, 2.24) is 39.9 Å². The molecule has 1 N–H and O–H groups in total. The number of fused-ring (bicyclic) bond motifs is 4. The maximum atomic E-state index is 18.3. The highest BCUT2D eigenvalue weighted by molar-refractivity contribution is 6.90. The molecular formula is C70H91ClF2N10O8Si. The van der Waals surface area contributed by atoms with Gasteiger partial charge in [0.1, 0.15) is 42.3 Å². The van der Waals surface area contributed by atoms with Crippen molar-refractivity contribution in [1.29, 1.82) is 0 Å². The Kier molecular flexibility index (Phi) is 20.1. The molecular weight excluding hydrogens is 1210 g/mol. The van der Waals surface area contributed by atoms with E-state index in [2.05, 4.69) is 73.0 Å². The number of benzene rings is 3. The molecule has 7 heterocycles. The number of amides is 5. The molecule has 0 radical (unpaired) electrons. The second kappa shape index (κ2) is 27.7. The molecule has 6 aliphatic rings. The van der Waals surface area contributed by atoms with Crippen molar-refractivity contribution < 1.29 is 46.9 Å². The van der Waals surface area contributed by atoms with E-state index in [-0.39, 0.29) is 77.9 Å². The number of pyridine rings is 1. The number of halogens is 3. The molecule has 5 aliphatic heterocycles. The minimum Gasteiger partial charge on any atom is -0.468 e. The number of carbonyl (C=O) groups is 4. The quantitative estimate of drug-likeness (QED) is 0.0469. The van der Waals surface area contributed by atoms with E-state index in [1.54, 1.807) is 42.6 Å². The summed E-state index contributed by atoms with van der Waals surface area (Å²) < 4.78 is 59.0. The molecule has 6 fully saturated rings. The van der Waals surface area contributed by atoms with E-state index in [4.69, 9.17) is 45.5 Å². The van der Waals surface area contributed by atoms with Crippen LogP contribution in [0.2, 0.25) is 21.6 Å². The SMILES string of the molecule is COCOc1cc(-c2ncc3c(N4CC5CCC(C4)N5C(=O)OC(C)(C)C)nc(OCC4(CN5CCN(CCCC6CCN(C(=O)c7ccc(Cl)c(N8CCC(=O)NC8=O)c7)CC6)CC5)CCC4)nc3c2F)c2c(C#C[Si](C(C)C)(C(C)C)C(C)C)c(F)ccc2c1. The zero-order chi connectivity index (χ0) is 65.4. The second-order valence-corrected chi connectivity index (χ2v) is 34.4. The standard InChI is InChI=1S/C70H91ClF2N10O8Si/c1-44(2)92(45(3)4,46(5)6)34-23-53-57(72)19-15-48-35-52(90-43-88-10)37-54(60(48)53)62-61(73)63-55(38-74-62)64(81-39-50-16-17-51(40-81)83(50)68(87)91-69(7,8)9)77-66(76-63)89-42-70(24-12-25-70)41-79-32-30-78(31-33-79)26-11-13-47-20-27-80(28-21-47)65(85)49-14-18-56(71)58(36-49)82-29-22-59(84)75-67(82)86/h14-15,18-19,35-38,44-47,50-51H,11-13,16-17,20-22,24-33,39-43H2,1-10H3,(H,75,84,86). The van der Waals surface area contributed by atoms with Crippen molar-refractivity contribution >= 4 is 76.8 Å². The average molecular weight is 1300 g/mol. The third-order valence-electron chi connectivity index (χ3n) is 20.4. The Morgan fingerprint density at radius 3 is 2.20 bits per heavy atom. The van der Waals surface area contributed by atoms with Gasteiger partial charge in [0.15, 0.2) is 12.6 Å². The molecule has 494 valence electrons. The molecule has 2 aromatic heterocycles. The Morgan fingerprint density at radius 1 is 0.859 bits per heavy atom. The van der Waals surface area contributed by atoms with E-state index in [0.717, 1.165) is 97.1 Å². The van der Waals surface area contributed by atoms with Gasteiger partial charge in [-0.25, -0.2) is 18.4 Å². The van der Waals surface area contributed by atoms with E-state index in [1.807, 2.05) is 30.6 Å². The van der Waals surface area contributed by atoms with E-state index < -0.39 is 31.3 Å². The first-order valence-corrected chi connectivity index (χ1v) is 35.9. The van der Waals surface area contributed by atoms with Crippen LogP contribution in [0.15, 0.2) is 48.7 Å². The summed E-state index contributed by atoms with van der Waals surface area (Å²) in [5.74, 6) is 3.12. The number of piperidine rings is 1. The molecule has 5 aromatic rings. The Balaban J connectivity index is 0.796. The van der Waals surface area contributed by atoms with Crippen LogP contribution in [0.4, 0.5) is 29.9 Å². The monoisotopic (exact) mass is 1300 g/mol. The summed E-state index contributed by atoms with van der Waals surface area (Å²) in [5.41, 5.74) is 5.11. The summed E-state index contributed by atoms with van der Waals surface area (Å²) in [4.78, 5) is 79.0. The fourth-order valence-corrected chi connectivity index (χ4v) is 20.9. The van der Waals surface area contributed by atoms with E-state index in [9.17, 15) is 19.2 Å². The van der Waals surface area contributed by atoms with Gasteiger partial charge in [0.2, 0.25) is 5.91 Å². The van der Waals surface area contributed by atoms with Gasteiger partial charge in [-0.2, -0.15) is 9.97 Å². The lowest BCUT2D eigenvalue weighted by atomic mass is 9.69. The highest BCUT2D eigenvalue weighted by Gasteiger charge is 2.47. The zero-order valence-electron chi connectivity index (χ0n) is 55.3. The Labute approximate surface area is 546 Å². The maximum Gasteiger partial charge on any atom is 0.410 e. The lowest BCUT2D eigenvalue weighted by molar-refractivity contribution is -0.120. The number of piperazine rings is 2. The number of nitrogens with zero attached hydrogens (tertiary/aromatic N) is 9. The van der Waals surface area contributed by atoms with Crippen LogP contribution in [0.3, 0.4) is 0 Å². The van der Waals surface area contributed by atoms with Gasteiger partial charge < -0.3 is 38.5 Å². The normalized spacial score (nSPS) is 20.1. The summed E-state index contributed by atoms with van der Waals surface area (Å²) in [6.07, 6.45) is 10.1. The molecule has 2 atom stereocenters. The maximum absolute atomic E-state index is 18.3. The molecule has 3 aromatic carbocycles. The van der Waals surface area contributed by atoms with Crippen LogP contribution in [-0.4, -0.2) is 177 Å². The molecule has 2 unspecified atom stereocenters. The number of aromatic nitrogens is 3. The third-order valence-corrected chi connectivity index (χ3v) is 27.0. The summed E-state index contributed by atoms with van der Waals surface area (Å²) in [5, 5.41) is 4.08. The lowest BCUT2D eigenvalue weighted by Crippen LogP contribution is -2.57. The van der Waals surface area contributed by atoms with Crippen molar-refractivity contribution in [3.05, 3.63) is 76.4 Å². The van der Waals surface area contributed by atoms with Gasteiger partial charge in [-0.15, -0.1) is 5.54 Å². The molecule has 18 nitrogen and oxygen atoms in total. The number of carbonyl (C=O) groups excluding carboxylic acids is 4. The van der Waals surface area contributed by atoms with E-state index in [0.29, 0.717) is 105 Å². The number of ether oxygens (including phenoxy) is 4. The number of rotatable bonds is 19. The summed E-state index contributed by atoms with van der Waals surface area (Å²) >= 11 is 6.47. The summed E-state index contributed by atoms with van der Waals surface area (Å²) in [6, 6.07) is 10.7. The number of urea groups is 1. The van der Waals surface area contributed by atoms with Gasteiger partial charge >= 0.3 is 18.1 Å². The molecule has 1 saturated carbocycles. The van der Waals surface area contributed by atoms with E-state index >= 15 is 8.78 Å². The zero-order valence-corrected chi connectivity index (χ0v) is 57.0. The topological polar surface area (TPSA) is 175 Å². The lowest BCUT2D eigenvalue weighted by Gasteiger charge is -2.46. The first-order chi connectivity index (χ1) is 43.9. The Hall–Kier alpha value is -6.70. The van der Waals surface area contributed by atoms with Crippen LogP contribution in [0.1, 0.15) is 142 Å². The molecule has 2 bridgehead atoms. The smallest absolute Gasteiger partial charge is 0.410 e.